The highest BCUT2D eigenvalue weighted by molar-refractivity contribution is 6.29. The number of nitrogen functional groups attached to an aromatic ring is 1. The van der Waals surface area contributed by atoms with Crippen molar-refractivity contribution < 1.29 is 4.79 Å². The highest BCUT2D eigenvalue weighted by Crippen LogP contribution is 2.22. The van der Waals surface area contributed by atoms with E-state index in [1.54, 1.807) is 0 Å². The lowest BCUT2D eigenvalue weighted by molar-refractivity contribution is 0.0939. The number of halogens is 1. The lowest BCUT2D eigenvalue weighted by Crippen LogP contribution is -2.35. The predicted molar refractivity (Wildman–Crippen MR) is 78.8 cm³/mol. The molecule has 0 radical (unpaired) electrons. The summed E-state index contributed by atoms with van der Waals surface area (Å²) in [4.78, 5) is 16.1. The number of carbonyl (C=O) groups is 1. The summed E-state index contributed by atoms with van der Waals surface area (Å²) < 4.78 is 0. The number of hydrogen-bond acceptors (Lipinski definition) is 3. The molecule has 0 aliphatic heterocycles. The summed E-state index contributed by atoms with van der Waals surface area (Å²) in [7, 11) is 0. The van der Waals surface area contributed by atoms with Gasteiger partial charge in [-0.05, 0) is 30.0 Å². The highest BCUT2D eigenvalue weighted by Gasteiger charge is 2.23. The van der Waals surface area contributed by atoms with Gasteiger partial charge in [-0.25, -0.2) is 4.98 Å². The van der Waals surface area contributed by atoms with Gasteiger partial charge in [-0.3, -0.25) is 4.79 Å². The molecule has 1 aromatic heterocycles. The third kappa shape index (κ3) is 2.47. The number of benzene rings is 1. The molecule has 3 rings (SSSR count). The third-order valence-corrected chi connectivity index (χ3v) is 3.74. The first kappa shape index (κ1) is 12.9. The van der Waals surface area contributed by atoms with Crippen LogP contribution in [-0.4, -0.2) is 16.9 Å². The van der Waals surface area contributed by atoms with Crippen LogP contribution in [0.5, 0.6) is 0 Å². The second-order valence-corrected chi connectivity index (χ2v) is 5.33. The summed E-state index contributed by atoms with van der Waals surface area (Å²) in [6.07, 6.45) is 3.10. The van der Waals surface area contributed by atoms with E-state index in [1.807, 2.05) is 12.1 Å². The molecule has 20 heavy (non-hydrogen) atoms. The van der Waals surface area contributed by atoms with Crippen molar-refractivity contribution in [3.63, 3.8) is 0 Å². The summed E-state index contributed by atoms with van der Waals surface area (Å²) in [5.41, 5.74) is 9.06. The van der Waals surface area contributed by atoms with Crippen molar-refractivity contribution in [3.05, 3.63) is 58.4 Å². The summed E-state index contributed by atoms with van der Waals surface area (Å²) in [6.45, 7) is 0. The van der Waals surface area contributed by atoms with Gasteiger partial charge in [0.25, 0.3) is 5.91 Å². The normalized spacial score (nSPS) is 14.1. The molecule has 1 aliphatic rings. The van der Waals surface area contributed by atoms with E-state index in [4.69, 9.17) is 17.3 Å². The fourth-order valence-corrected chi connectivity index (χ4v) is 2.72. The molecular weight excluding hydrogens is 274 g/mol. The fraction of sp³-hybridized carbons (Fsp3) is 0.200. The van der Waals surface area contributed by atoms with Gasteiger partial charge in [0.2, 0.25) is 0 Å². The first-order chi connectivity index (χ1) is 9.63. The maximum Gasteiger partial charge on any atom is 0.253 e. The van der Waals surface area contributed by atoms with Crippen LogP contribution < -0.4 is 11.1 Å². The molecule has 0 saturated carbocycles. The zero-order valence-electron chi connectivity index (χ0n) is 10.8. The van der Waals surface area contributed by atoms with Crippen molar-refractivity contribution in [2.45, 2.75) is 18.9 Å². The van der Waals surface area contributed by atoms with Crippen LogP contribution in [-0.2, 0) is 12.8 Å². The Bertz CT molecular complexity index is 647. The molecule has 1 heterocycles. The Morgan fingerprint density at radius 3 is 2.60 bits per heavy atom. The van der Waals surface area contributed by atoms with Gasteiger partial charge >= 0.3 is 0 Å². The van der Waals surface area contributed by atoms with Crippen molar-refractivity contribution in [2.24, 2.45) is 0 Å². The fourth-order valence-electron chi connectivity index (χ4n) is 2.56. The maximum atomic E-state index is 12.2. The number of hydrogen-bond donors (Lipinski definition) is 2. The van der Waals surface area contributed by atoms with Crippen LogP contribution in [0.15, 0.2) is 36.5 Å². The molecule has 1 aromatic carbocycles. The number of fused-ring (bicyclic) bond motifs is 1. The van der Waals surface area contributed by atoms with E-state index in [1.165, 1.54) is 23.4 Å². The monoisotopic (exact) mass is 287 g/mol. The van der Waals surface area contributed by atoms with Crippen molar-refractivity contribution in [1.82, 2.24) is 10.3 Å². The molecule has 0 spiro atoms. The quantitative estimate of drug-likeness (QED) is 0.832. The predicted octanol–water partition coefficient (Wildman–Crippen LogP) is 2.21. The summed E-state index contributed by atoms with van der Waals surface area (Å²) in [5, 5.41) is 3.27. The van der Waals surface area contributed by atoms with Crippen LogP contribution in [0, 0.1) is 0 Å². The lowest BCUT2D eigenvalue weighted by atomic mass is 10.1. The second kappa shape index (κ2) is 5.13. The topological polar surface area (TPSA) is 68.0 Å². The highest BCUT2D eigenvalue weighted by atomic mass is 35.5. The molecule has 0 fully saturated rings. The summed E-state index contributed by atoms with van der Waals surface area (Å²) in [6, 6.07) is 9.83. The van der Waals surface area contributed by atoms with Crippen LogP contribution in [0.2, 0.25) is 5.15 Å². The Hall–Kier alpha value is -2.07. The van der Waals surface area contributed by atoms with Crippen LogP contribution >= 0.6 is 11.6 Å². The van der Waals surface area contributed by atoms with Crippen LogP contribution in [0.3, 0.4) is 0 Å². The molecule has 0 bridgehead atoms. The number of amides is 1. The first-order valence-electron chi connectivity index (χ1n) is 6.42. The van der Waals surface area contributed by atoms with E-state index in [9.17, 15) is 4.79 Å². The Labute approximate surface area is 122 Å². The number of aromatic nitrogens is 1. The molecule has 3 N–H and O–H groups in total. The summed E-state index contributed by atoms with van der Waals surface area (Å²) >= 11 is 5.80. The Morgan fingerprint density at radius 1 is 1.30 bits per heavy atom. The number of pyridine rings is 1. The molecule has 102 valence electrons. The van der Waals surface area contributed by atoms with E-state index in [2.05, 4.69) is 22.4 Å². The van der Waals surface area contributed by atoms with Gasteiger partial charge in [0.05, 0.1) is 17.4 Å². The zero-order chi connectivity index (χ0) is 14.1. The number of anilines is 1. The van der Waals surface area contributed by atoms with Gasteiger partial charge in [0.15, 0.2) is 0 Å². The maximum absolute atomic E-state index is 12.2. The molecule has 2 aromatic rings. The smallest absolute Gasteiger partial charge is 0.253 e. The van der Waals surface area contributed by atoms with E-state index in [0.29, 0.717) is 11.3 Å². The van der Waals surface area contributed by atoms with E-state index in [0.717, 1.165) is 12.8 Å². The minimum atomic E-state index is -0.204. The molecular formula is C15H14ClN3O. The Morgan fingerprint density at radius 2 is 1.95 bits per heavy atom. The first-order valence-corrected chi connectivity index (χ1v) is 6.80. The SMILES string of the molecule is Nc1cnc(Cl)cc1C(=O)NC1Cc2ccccc2C1. The molecule has 0 saturated heterocycles. The molecule has 5 heteroatoms. The summed E-state index contributed by atoms with van der Waals surface area (Å²) in [5.74, 6) is -0.204. The molecule has 1 aliphatic carbocycles. The van der Waals surface area contributed by atoms with Gasteiger partial charge in [-0.1, -0.05) is 35.9 Å². The number of nitrogens with two attached hydrogens (primary N) is 1. The van der Waals surface area contributed by atoms with Gasteiger partial charge in [-0.15, -0.1) is 0 Å². The van der Waals surface area contributed by atoms with E-state index < -0.39 is 0 Å². The number of carbonyl (C=O) groups excluding carboxylic acids is 1. The van der Waals surface area contributed by atoms with Gasteiger partial charge in [0, 0.05) is 6.04 Å². The Kier molecular flexibility index (Phi) is 3.32. The molecule has 4 nitrogen and oxygen atoms in total. The van der Waals surface area contributed by atoms with E-state index >= 15 is 0 Å². The van der Waals surface area contributed by atoms with E-state index in [-0.39, 0.29) is 17.1 Å². The van der Waals surface area contributed by atoms with Crippen molar-refractivity contribution in [3.8, 4) is 0 Å². The minimum Gasteiger partial charge on any atom is -0.397 e. The number of nitrogens with zero attached hydrogens (tertiary/aromatic N) is 1. The van der Waals surface area contributed by atoms with Crippen LogP contribution in [0.4, 0.5) is 5.69 Å². The number of nitrogens with one attached hydrogen (secondary N) is 1. The number of rotatable bonds is 2. The van der Waals surface area contributed by atoms with Crippen molar-refractivity contribution in [2.75, 3.05) is 5.73 Å². The standard InChI is InChI=1S/C15H14ClN3O/c16-14-7-12(13(17)8-18-14)15(20)19-11-5-9-3-1-2-4-10(9)6-11/h1-4,7-8,11H,5-6,17H2,(H,19,20). The average molecular weight is 288 g/mol. The molecule has 1 amide bonds. The minimum absolute atomic E-state index is 0.103. The molecule has 0 unspecified atom stereocenters. The largest absolute Gasteiger partial charge is 0.397 e. The Balaban J connectivity index is 1.74. The van der Waals surface area contributed by atoms with Crippen LogP contribution in [0.1, 0.15) is 21.5 Å². The van der Waals surface area contributed by atoms with Crippen LogP contribution in [0.25, 0.3) is 0 Å². The van der Waals surface area contributed by atoms with Gasteiger partial charge < -0.3 is 11.1 Å². The van der Waals surface area contributed by atoms with Crippen molar-refractivity contribution >= 4 is 23.2 Å². The lowest BCUT2D eigenvalue weighted by Gasteiger charge is -2.13. The van der Waals surface area contributed by atoms with Crippen molar-refractivity contribution in [1.29, 1.82) is 0 Å². The third-order valence-electron chi connectivity index (χ3n) is 3.53. The average Bonchev–Trinajstić information content (AvgIpc) is 2.83. The van der Waals surface area contributed by atoms with Gasteiger partial charge in [0.1, 0.15) is 5.15 Å². The van der Waals surface area contributed by atoms with Gasteiger partial charge in [-0.2, -0.15) is 0 Å². The molecule has 0 atom stereocenters. The zero-order valence-corrected chi connectivity index (χ0v) is 11.5. The second-order valence-electron chi connectivity index (χ2n) is 4.94.